The number of likely N-dealkylation sites (tertiary alicyclic amines) is 1. The van der Waals surface area contributed by atoms with Gasteiger partial charge in [-0.25, -0.2) is 17.8 Å². The Hall–Kier alpha value is -2.84. The fourth-order valence-electron chi connectivity index (χ4n) is 4.83. The summed E-state index contributed by atoms with van der Waals surface area (Å²) in [5.74, 6) is -2.31. The van der Waals surface area contributed by atoms with Gasteiger partial charge in [0.05, 0.1) is 24.3 Å². The van der Waals surface area contributed by atoms with E-state index in [1.807, 2.05) is 4.90 Å². The van der Waals surface area contributed by atoms with Crippen LogP contribution >= 0.6 is 11.5 Å². The van der Waals surface area contributed by atoms with Crippen LogP contribution in [0.5, 0.6) is 5.75 Å². The van der Waals surface area contributed by atoms with Crippen molar-refractivity contribution >= 4 is 26.7 Å². The number of alkyl halides is 3. The van der Waals surface area contributed by atoms with E-state index in [-0.39, 0.29) is 36.9 Å². The zero-order valence-corrected chi connectivity index (χ0v) is 20.3. The van der Waals surface area contributed by atoms with E-state index in [2.05, 4.69) is 19.1 Å². The molecule has 3 aromatic rings. The van der Waals surface area contributed by atoms with Gasteiger partial charge in [0.2, 0.25) is 5.13 Å². The normalized spacial score (nSPS) is 23.1. The van der Waals surface area contributed by atoms with Gasteiger partial charge < -0.3 is 4.74 Å². The van der Waals surface area contributed by atoms with Gasteiger partial charge in [-0.3, -0.25) is 14.6 Å². The summed E-state index contributed by atoms with van der Waals surface area (Å²) >= 11 is 0.800. The second-order valence-corrected chi connectivity index (χ2v) is 11.0. The molecule has 0 amide bonds. The number of fused-ring (bicyclic) bond motifs is 1. The van der Waals surface area contributed by atoms with Gasteiger partial charge in [-0.15, -0.1) is 0 Å². The van der Waals surface area contributed by atoms with E-state index in [9.17, 15) is 21.6 Å². The fourth-order valence-corrected chi connectivity index (χ4v) is 6.56. The zero-order valence-electron chi connectivity index (χ0n) is 18.7. The average Bonchev–Trinajstić information content (AvgIpc) is 3.35. The van der Waals surface area contributed by atoms with Gasteiger partial charge in [-0.05, 0) is 31.0 Å². The Morgan fingerprint density at radius 2 is 1.97 bits per heavy atom. The lowest BCUT2D eigenvalue weighted by molar-refractivity contribution is -0.192. The van der Waals surface area contributed by atoms with E-state index < -0.39 is 44.9 Å². The first-order valence-corrected chi connectivity index (χ1v) is 13.4. The maximum Gasteiger partial charge on any atom is 0.391 e. The summed E-state index contributed by atoms with van der Waals surface area (Å²) in [6, 6.07) is 6.18. The molecule has 0 radical (unpaired) electrons. The van der Waals surface area contributed by atoms with Crippen LogP contribution in [0.4, 0.5) is 22.7 Å². The maximum absolute atomic E-state index is 15.2. The number of hydrogen-bond acceptors (Lipinski definition) is 8. The lowest BCUT2D eigenvalue weighted by Gasteiger charge is -2.45. The van der Waals surface area contributed by atoms with Gasteiger partial charge in [0.25, 0.3) is 10.0 Å². The van der Waals surface area contributed by atoms with Crippen molar-refractivity contribution in [3.8, 4) is 5.75 Å². The van der Waals surface area contributed by atoms with E-state index in [1.165, 1.54) is 12.5 Å². The Morgan fingerprint density at radius 3 is 2.67 bits per heavy atom. The van der Waals surface area contributed by atoms with Crippen LogP contribution in [0.25, 0.3) is 0 Å². The van der Waals surface area contributed by atoms with Crippen LogP contribution in [-0.4, -0.2) is 47.0 Å². The molecule has 0 bridgehead atoms. The largest absolute Gasteiger partial charge is 0.493 e. The number of pyridine rings is 1. The summed E-state index contributed by atoms with van der Waals surface area (Å²) in [4.78, 5) is 9.34. The molecular weight excluding hydrogens is 522 g/mol. The predicted octanol–water partition coefficient (Wildman–Crippen LogP) is 4.71. The molecule has 0 unspecified atom stereocenters. The van der Waals surface area contributed by atoms with Gasteiger partial charge >= 0.3 is 6.18 Å². The number of anilines is 1. The minimum absolute atomic E-state index is 0.0170. The molecule has 2 aliphatic rings. The lowest BCUT2D eigenvalue weighted by atomic mass is 9.85. The minimum Gasteiger partial charge on any atom is -0.493 e. The summed E-state index contributed by atoms with van der Waals surface area (Å²) in [6.45, 7) is 0.316. The molecule has 5 rings (SSSR count). The van der Waals surface area contributed by atoms with Crippen molar-refractivity contribution in [2.75, 3.05) is 17.9 Å². The number of hydrogen-bond donors (Lipinski definition) is 1. The highest BCUT2D eigenvalue weighted by Crippen LogP contribution is 2.48. The van der Waals surface area contributed by atoms with E-state index in [0.717, 1.165) is 23.7 Å². The van der Waals surface area contributed by atoms with E-state index in [4.69, 9.17) is 4.74 Å². The molecule has 0 aliphatic carbocycles. The number of sulfonamides is 1. The van der Waals surface area contributed by atoms with Crippen molar-refractivity contribution in [2.45, 2.75) is 42.4 Å². The third kappa shape index (κ3) is 4.89. The van der Waals surface area contributed by atoms with Crippen LogP contribution in [-0.2, 0) is 10.0 Å². The summed E-state index contributed by atoms with van der Waals surface area (Å²) in [7, 11) is -4.31. The Morgan fingerprint density at radius 1 is 1.14 bits per heavy atom. The topological polar surface area (TPSA) is 97.3 Å². The fraction of sp³-hybridized carbons (Fsp3) is 0.409. The number of piperidine rings is 1. The zero-order chi connectivity index (χ0) is 25.5. The van der Waals surface area contributed by atoms with Crippen molar-refractivity contribution in [1.82, 2.24) is 19.2 Å². The number of halogens is 4. The van der Waals surface area contributed by atoms with Crippen molar-refractivity contribution in [2.24, 2.45) is 5.92 Å². The molecule has 192 valence electrons. The van der Waals surface area contributed by atoms with Crippen LogP contribution in [0.2, 0.25) is 0 Å². The summed E-state index contributed by atoms with van der Waals surface area (Å²) < 4.78 is 93.1. The molecule has 4 heterocycles. The second kappa shape index (κ2) is 9.56. The molecule has 14 heteroatoms. The molecule has 3 atom stereocenters. The first-order chi connectivity index (χ1) is 17.1. The molecular formula is C22H21F4N5O3S2. The maximum atomic E-state index is 15.2. The Kier molecular flexibility index (Phi) is 6.59. The van der Waals surface area contributed by atoms with Crippen molar-refractivity contribution in [1.29, 1.82) is 0 Å². The first kappa shape index (κ1) is 24.8. The van der Waals surface area contributed by atoms with Crippen LogP contribution in [0.1, 0.15) is 42.6 Å². The van der Waals surface area contributed by atoms with Crippen molar-refractivity contribution in [3.05, 3.63) is 59.9 Å². The van der Waals surface area contributed by atoms with Crippen LogP contribution < -0.4 is 9.46 Å². The Bertz CT molecular complexity index is 1320. The highest BCUT2D eigenvalue weighted by atomic mass is 32.2. The SMILES string of the molecule is O=S(=O)(Nc1ncns1)c1cc2c(cc1F)[C@@H](N1CC[C@@H](C(F)(F)F)C[C@H]1c1ccccn1)CCO2. The minimum atomic E-state index is -4.33. The molecule has 0 spiro atoms. The third-order valence-electron chi connectivity index (χ3n) is 6.48. The average molecular weight is 544 g/mol. The lowest BCUT2D eigenvalue weighted by Crippen LogP contribution is -2.44. The van der Waals surface area contributed by atoms with Gasteiger partial charge in [0.1, 0.15) is 22.8 Å². The van der Waals surface area contributed by atoms with Gasteiger partial charge in [-0.2, -0.15) is 17.5 Å². The van der Waals surface area contributed by atoms with Gasteiger partial charge in [-0.1, -0.05) is 6.07 Å². The third-order valence-corrected chi connectivity index (χ3v) is 8.54. The van der Waals surface area contributed by atoms with Crippen LogP contribution in [0.15, 0.2) is 47.8 Å². The Balaban J connectivity index is 1.49. The number of benzene rings is 1. The van der Waals surface area contributed by atoms with Crippen LogP contribution in [0, 0.1) is 11.7 Å². The Labute approximate surface area is 208 Å². The quantitative estimate of drug-likeness (QED) is 0.466. The van der Waals surface area contributed by atoms with Crippen molar-refractivity contribution in [3.63, 3.8) is 0 Å². The highest BCUT2D eigenvalue weighted by Gasteiger charge is 2.47. The molecule has 36 heavy (non-hydrogen) atoms. The first-order valence-electron chi connectivity index (χ1n) is 11.1. The number of nitrogens with one attached hydrogen (secondary N) is 1. The molecule has 2 aliphatic heterocycles. The summed E-state index contributed by atoms with van der Waals surface area (Å²) in [6.07, 6.45) is -1.50. The van der Waals surface area contributed by atoms with E-state index >= 15 is 4.39 Å². The summed E-state index contributed by atoms with van der Waals surface area (Å²) in [5.41, 5.74) is 0.889. The molecule has 1 saturated heterocycles. The van der Waals surface area contributed by atoms with E-state index in [0.29, 0.717) is 17.7 Å². The standard InChI is InChI=1S/C22H21F4N5O3S2/c23-15-10-14-17(5-8-34-19(14)11-20(15)36(32,33)30-21-28-12-29-35-21)31-7-4-13(22(24,25)26)9-18(31)16-3-1-2-6-27-16/h1-3,6,10-13,17-18H,4-5,7-9H2,(H,28,29,30)/t13-,17+,18+/m1/s1. The molecule has 1 N–H and O–H groups in total. The smallest absolute Gasteiger partial charge is 0.391 e. The monoisotopic (exact) mass is 543 g/mol. The molecule has 1 fully saturated rings. The number of ether oxygens (including phenoxy) is 1. The molecule has 2 aromatic heterocycles. The number of rotatable bonds is 5. The molecule has 8 nitrogen and oxygen atoms in total. The van der Waals surface area contributed by atoms with Gasteiger partial charge in [0, 0.05) is 48.4 Å². The van der Waals surface area contributed by atoms with Crippen LogP contribution in [0.3, 0.4) is 0 Å². The second-order valence-electron chi connectivity index (χ2n) is 8.60. The molecule has 1 aromatic carbocycles. The summed E-state index contributed by atoms with van der Waals surface area (Å²) in [5, 5.41) is -0.0170. The molecule has 0 saturated carbocycles. The number of nitrogens with zero attached hydrogens (tertiary/aromatic N) is 4. The van der Waals surface area contributed by atoms with E-state index in [1.54, 1.807) is 18.2 Å². The number of aromatic nitrogens is 3. The van der Waals surface area contributed by atoms with Gasteiger partial charge in [0.15, 0.2) is 0 Å². The highest BCUT2D eigenvalue weighted by molar-refractivity contribution is 7.93. The predicted molar refractivity (Wildman–Crippen MR) is 122 cm³/mol. The van der Waals surface area contributed by atoms with Crippen molar-refractivity contribution < 1.29 is 30.7 Å².